The highest BCUT2D eigenvalue weighted by Crippen LogP contribution is 2.35. The van der Waals surface area contributed by atoms with Crippen molar-refractivity contribution < 1.29 is 5.11 Å². The third-order valence-electron chi connectivity index (χ3n) is 4.39. The van der Waals surface area contributed by atoms with Crippen LogP contribution < -0.4 is 5.56 Å². The fourth-order valence-electron chi connectivity index (χ4n) is 3.04. The Bertz CT molecular complexity index is 1240. The molecular weight excluding hydrogens is 382 g/mol. The molecule has 0 aliphatic carbocycles. The largest absolute Gasteiger partial charge is 0.494 e. The van der Waals surface area contributed by atoms with Gasteiger partial charge in [0.2, 0.25) is 5.88 Å². The predicted octanol–water partition coefficient (Wildman–Crippen LogP) is 4.82. The molecule has 0 spiro atoms. The molecule has 5 nitrogen and oxygen atoms in total. The lowest BCUT2D eigenvalue weighted by Crippen LogP contribution is -2.16. The summed E-state index contributed by atoms with van der Waals surface area (Å²) in [5.41, 5.74) is 3.80. The van der Waals surface area contributed by atoms with Crippen molar-refractivity contribution in [2.24, 2.45) is 4.99 Å². The second kappa shape index (κ2) is 6.64. The molecule has 0 amide bonds. The second-order valence-electron chi connectivity index (χ2n) is 6.14. The highest BCUT2D eigenvalue weighted by molar-refractivity contribution is 7.71. The fourth-order valence-corrected chi connectivity index (χ4v) is 3.45. The molecule has 4 rings (SSSR count). The monoisotopic (exact) mass is 395 g/mol. The van der Waals surface area contributed by atoms with Crippen LogP contribution >= 0.6 is 23.8 Å². The van der Waals surface area contributed by atoms with Gasteiger partial charge in [-0.2, -0.15) is 0 Å². The van der Waals surface area contributed by atoms with Crippen LogP contribution in [0.15, 0.2) is 52.3 Å². The van der Waals surface area contributed by atoms with Gasteiger partial charge in [0, 0.05) is 22.4 Å². The minimum atomic E-state index is -0.468. The van der Waals surface area contributed by atoms with Crippen LogP contribution in [0.3, 0.4) is 0 Å². The van der Waals surface area contributed by atoms with Crippen molar-refractivity contribution in [1.29, 1.82) is 0 Å². The quantitative estimate of drug-likeness (QED) is 0.611. The number of aromatic hydroxyl groups is 1. The number of hydrogen-bond donors (Lipinski definition) is 2. The van der Waals surface area contributed by atoms with E-state index in [1.54, 1.807) is 36.6 Å². The number of nitrogens with zero attached hydrogens (tertiary/aromatic N) is 2. The molecule has 0 atom stereocenters. The summed E-state index contributed by atoms with van der Waals surface area (Å²) in [5, 5.41) is 11.4. The third-order valence-corrected chi connectivity index (χ3v) is 4.92. The number of para-hydroxylation sites is 1. The van der Waals surface area contributed by atoms with E-state index in [9.17, 15) is 9.90 Å². The molecule has 0 bridgehead atoms. The fraction of sp³-hybridized carbons (Fsp3) is 0.0500. The topological polar surface area (TPSA) is 70.4 Å². The molecule has 2 aromatic carbocycles. The molecule has 0 saturated carbocycles. The van der Waals surface area contributed by atoms with Crippen LogP contribution in [-0.2, 0) is 0 Å². The first-order chi connectivity index (χ1) is 13.0. The van der Waals surface area contributed by atoms with E-state index in [4.69, 9.17) is 23.8 Å². The molecule has 27 heavy (non-hydrogen) atoms. The summed E-state index contributed by atoms with van der Waals surface area (Å²) in [7, 11) is 0. The number of benzene rings is 2. The molecule has 0 saturated heterocycles. The van der Waals surface area contributed by atoms with Crippen molar-refractivity contribution in [2.45, 2.75) is 6.92 Å². The summed E-state index contributed by atoms with van der Waals surface area (Å²) in [6.45, 7) is 1.98. The van der Waals surface area contributed by atoms with Crippen LogP contribution in [-0.4, -0.2) is 20.9 Å². The molecule has 1 aliphatic rings. The molecule has 7 heteroatoms. The Balaban J connectivity index is 1.91. The van der Waals surface area contributed by atoms with Crippen LogP contribution in [0.25, 0.3) is 17.3 Å². The summed E-state index contributed by atoms with van der Waals surface area (Å²) < 4.78 is 1.49. The van der Waals surface area contributed by atoms with Crippen molar-refractivity contribution in [3.63, 3.8) is 0 Å². The number of allylic oxidation sites excluding steroid dienone is 1. The van der Waals surface area contributed by atoms with E-state index >= 15 is 0 Å². The summed E-state index contributed by atoms with van der Waals surface area (Å²) in [4.78, 5) is 19.5. The molecular formula is C20H14ClN3O2S. The minimum absolute atomic E-state index is 0.0957. The van der Waals surface area contributed by atoms with Gasteiger partial charge >= 0.3 is 0 Å². The van der Waals surface area contributed by atoms with Crippen molar-refractivity contribution in [2.75, 3.05) is 0 Å². The number of aromatic amines is 1. The zero-order valence-electron chi connectivity index (χ0n) is 14.2. The van der Waals surface area contributed by atoms with E-state index in [1.807, 2.05) is 25.1 Å². The van der Waals surface area contributed by atoms with Gasteiger partial charge in [-0.05, 0) is 55.0 Å². The van der Waals surface area contributed by atoms with Gasteiger partial charge in [0.15, 0.2) is 4.77 Å². The lowest BCUT2D eigenvalue weighted by atomic mass is 10.0. The number of aromatic nitrogens is 2. The Morgan fingerprint density at radius 1 is 1.22 bits per heavy atom. The van der Waals surface area contributed by atoms with Gasteiger partial charge in [0.1, 0.15) is 5.56 Å². The number of halogens is 1. The van der Waals surface area contributed by atoms with Crippen molar-refractivity contribution >= 4 is 47.4 Å². The molecule has 1 aliphatic heterocycles. The number of aryl methyl sites for hydroxylation is 1. The van der Waals surface area contributed by atoms with Crippen molar-refractivity contribution in [1.82, 2.24) is 9.55 Å². The number of hydrogen-bond acceptors (Lipinski definition) is 4. The Hall–Kier alpha value is -2.96. The Labute approximate surface area is 164 Å². The van der Waals surface area contributed by atoms with E-state index in [-0.39, 0.29) is 16.2 Å². The zero-order valence-corrected chi connectivity index (χ0v) is 15.8. The molecule has 3 aromatic rings. The zero-order chi connectivity index (χ0) is 19.1. The molecule has 2 heterocycles. The maximum Gasteiger partial charge on any atom is 0.262 e. The number of nitrogens with one attached hydrogen (secondary N) is 1. The number of H-pyrrole nitrogens is 1. The maximum absolute atomic E-state index is 12.5. The summed E-state index contributed by atoms with van der Waals surface area (Å²) in [6, 6.07) is 12.6. The van der Waals surface area contributed by atoms with E-state index < -0.39 is 5.56 Å². The Morgan fingerprint density at radius 2 is 1.96 bits per heavy atom. The number of aliphatic imine (C=N–C) groups is 1. The number of fused-ring (bicyclic) bond motifs is 1. The third kappa shape index (κ3) is 3.03. The highest BCUT2D eigenvalue weighted by atomic mass is 35.5. The van der Waals surface area contributed by atoms with Gasteiger partial charge in [0.25, 0.3) is 5.56 Å². The van der Waals surface area contributed by atoms with Crippen LogP contribution in [0.1, 0.15) is 16.7 Å². The van der Waals surface area contributed by atoms with Crippen LogP contribution in [0, 0.1) is 11.7 Å². The van der Waals surface area contributed by atoms with Gasteiger partial charge < -0.3 is 5.11 Å². The predicted molar refractivity (Wildman–Crippen MR) is 111 cm³/mol. The standard InChI is InChI=1S/C20H14ClN3O2S/c1-11-3-2-4-15-12(10-22-17(11)15)9-16-18(25)23-20(27)24(19(16)26)14-7-5-13(21)6-8-14/h2-10,26H,1H3,(H,23,25,27). The first-order valence-electron chi connectivity index (χ1n) is 8.15. The van der Waals surface area contributed by atoms with Gasteiger partial charge in [-0.1, -0.05) is 29.8 Å². The summed E-state index contributed by atoms with van der Waals surface area (Å²) in [5.74, 6) is -0.243. The average molecular weight is 396 g/mol. The highest BCUT2D eigenvalue weighted by Gasteiger charge is 2.17. The average Bonchev–Trinajstić information content (AvgIpc) is 3.04. The summed E-state index contributed by atoms with van der Waals surface area (Å²) in [6.07, 6.45) is 3.30. The van der Waals surface area contributed by atoms with E-state index in [0.717, 1.165) is 22.4 Å². The molecule has 0 unspecified atom stereocenters. The van der Waals surface area contributed by atoms with Crippen LogP contribution in [0.5, 0.6) is 5.88 Å². The lowest BCUT2D eigenvalue weighted by Gasteiger charge is -2.12. The minimum Gasteiger partial charge on any atom is -0.494 e. The van der Waals surface area contributed by atoms with Crippen LogP contribution in [0.4, 0.5) is 5.69 Å². The molecule has 0 radical (unpaired) electrons. The van der Waals surface area contributed by atoms with Gasteiger partial charge in [-0.15, -0.1) is 0 Å². The van der Waals surface area contributed by atoms with Gasteiger partial charge in [-0.3, -0.25) is 19.3 Å². The van der Waals surface area contributed by atoms with Crippen LogP contribution in [0.2, 0.25) is 5.02 Å². The number of rotatable bonds is 2. The normalized spacial score (nSPS) is 13.9. The summed E-state index contributed by atoms with van der Waals surface area (Å²) >= 11 is 11.2. The van der Waals surface area contributed by atoms with Crippen molar-refractivity contribution in [3.05, 3.63) is 79.3 Å². The van der Waals surface area contributed by atoms with E-state index in [0.29, 0.717) is 10.7 Å². The Morgan fingerprint density at radius 3 is 2.70 bits per heavy atom. The smallest absolute Gasteiger partial charge is 0.262 e. The first kappa shape index (κ1) is 17.5. The SMILES string of the molecule is Cc1cccc2c1N=CC2=Cc1c(O)n(-c2ccc(Cl)cc2)c(=S)[nH]c1=O. The van der Waals surface area contributed by atoms with Gasteiger partial charge in [0.05, 0.1) is 11.4 Å². The maximum atomic E-state index is 12.5. The molecule has 134 valence electrons. The first-order valence-corrected chi connectivity index (χ1v) is 8.94. The molecule has 0 fully saturated rings. The van der Waals surface area contributed by atoms with E-state index in [2.05, 4.69) is 9.98 Å². The van der Waals surface area contributed by atoms with Gasteiger partial charge in [-0.25, -0.2) is 0 Å². The lowest BCUT2D eigenvalue weighted by molar-refractivity contribution is 0.432. The molecule has 2 N–H and O–H groups in total. The van der Waals surface area contributed by atoms with Crippen molar-refractivity contribution in [3.8, 4) is 11.6 Å². The van der Waals surface area contributed by atoms with E-state index in [1.165, 1.54) is 4.57 Å². The Kier molecular flexibility index (Phi) is 4.30. The molecule has 1 aromatic heterocycles. The second-order valence-corrected chi connectivity index (χ2v) is 6.96.